The quantitative estimate of drug-likeness (QED) is 0.815. The van der Waals surface area contributed by atoms with Gasteiger partial charge < -0.3 is 9.84 Å². The molecule has 0 aliphatic carbocycles. The predicted octanol–water partition coefficient (Wildman–Crippen LogP) is 2.65. The summed E-state index contributed by atoms with van der Waals surface area (Å²) in [6.45, 7) is 4.92. The molecule has 0 spiro atoms. The standard InChI is InChI=1S/C15H20O3/c1-11(12(2)16)15(18-13(3)17)10-9-14-7-5-4-6-8-14/h4-12,15-16H,1-3H3/b10-9+/t11-,12?,15-/m0/s1. The van der Waals surface area contributed by atoms with E-state index in [2.05, 4.69) is 0 Å². The molecule has 0 radical (unpaired) electrons. The van der Waals surface area contributed by atoms with Crippen LogP contribution in [0.2, 0.25) is 0 Å². The van der Waals surface area contributed by atoms with Gasteiger partial charge in [-0.2, -0.15) is 0 Å². The highest BCUT2D eigenvalue weighted by Gasteiger charge is 2.21. The monoisotopic (exact) mass is 248 g/mol. The highest BCUT2D eigenvalue weighted by molar-refractivity contribution is 5.66. The summed E-state index contributed by atoms with van der Waals surface area (Å²) in [5, 5.41) is 9.58. The topological polar surface area (TPSA) is 46.5 Å². The lowest BCUT2D eigenvalue weighted by Gasteiger charge is -2.23. The summed E-state index contributed by atoms with van der Waals surface area (Å²) in [7, 11) is 0. The fourth-order valence-corrected chi connectivity index (χ4v) is 1.56. The van der Waals surface area contributed by atoms with Gasteiger partial charge in [0.2, 0.25) is 0 Å². The molecule has 1 aromatic rings. The second-order valence-electron chi connectivity index (χ2n) is 4.44. The molecule has 1 aromatic carbocycles. The maximum absolute atomic E-state index is 11.1. The highest BCUT2D eigenvalue weighted by atomic mass is 16.5. The van der Waals surface area contributed by atoms with Gasteiger partial charge in [0.25, 0.3) is 0 Å². The van der Waals surface area contributed by atoms with Gasteiger partial charge in [0.1, 0.15) is 6.10 Å². The van der Waals surface area contributed by atoms with E-state index in [0.29, 0.717) is 0 Å². The second-order valence-corrected chi connectivity index (χ2v) is 4.44. The van der Waals surface area contributed by atoms with E-state index in [1.165, 1.54) is 6.92 Å². The van der Waals surface area contributed by atoms with Crippen molar-refractivity contribution in [3.63, 3.8) is 0 Å². The Labute approximate surface area is 108 Å². The van der Waals surface area contributed by atoms with Gasteiger partial charge in [-0.15, -0.1) is 0 Å². The SMILES string of the molecule is CC(=O)O[C@@H](/C=C/c1ccccc1)[C@@H](C)C(C)O. The molecule has 0 aromatic heterocycles. The summed E-state index contributed by atoms with van der Waals surface area (Å²) >= 11 is 0. The van der Waals surface area contributed by atoms with E-state index in [1.54, 1.807) is 6.92 Å². The Hall–Kier alpha value is -1.61. The number of ether oxygens (including phenoxy) is 1. The van der Waals surface area contributed by atoms with Crippen LogP contribution in [-0.4, -0.2) is 23.3 Å². The number of aliphatic hydroxyl groups excluding tert-OH is 1. The molecular formula is C15H20O3. The largest absolute Gasteiger partial charge is 0.458 e. The third kappa shape index (κ3) is 4.72. The first-order chi connectivity index (χ1) is 8.50. The van der Waals surface area contributed by atoms with Crippen LogP contribution in [0, 0.1) is 5.92 Å². The number of rotatable bonds is 5. The first-order valence-corrected chi connectivity index (χ1v) is 6.09. The van der Waals surface area contributed by atoms with Crippen LogP contribution in [0.15, 0.2) is 36.4 Å². The third-order valence-electron chi connectivity index (χ3n) is 2.86. The third-order valence-corrected chi connectivity index (χ3v) is 2.86. The van der Waals surface area contributed by atoms with Crippen molar-refractivity contribution in [2.24, 2.45) is 5.92 Å². The van der Waals surface area contributed by atoms with Crippen molar-refractivity contribution < 1.29 is 14.6 Å². The van der Waals surface area contributed by atoms with Crippen LogP contribution in [0.3, 0.4) is 0 Å². The molecule has 1 unspecified atom stereocenters. The molecule has 0 aliphatic rings. The zero-order valence-corrected chi connectivity index (χ0v) is 11.0. The molecule has 3 atom stereocenters. The Bertz CT molecular complexity index is 395. The van der Waals surface area contributed by atoms with Crippen molar-refractivity contribution in [2.45, 2.75) is 33.0 Å². The van der Waals surface area contributed by atoms with Crippen LogP contribution < -0.4 is 0 Å². The summed E-state index contributed by atoms with van der Waals surface area (Å²) in [5.74, 6) is -0.487. The first-order valence-electron chi connectivity index (χ1n) is 6.09. The lowest BCUT2D eigenvalue weighted by molar-refractivity contribution is -0.147. The summed E-state index contributed by atoms with van der Waals surface area (Å²) in [4.78, 5) is 11.1. The molecule has 0 fully saturated rings. The van der Waals surface area contributed by atoms with Crippen molar-refractivity contribution >= 4 is 12.0 Å². The van der Waals surface area contributed by atoms with Crippen molar-refractivity contribution in [2.75, 3.05) is 0 Å². The maximum Gasteiger partial charge on any atom is 0.303 e. The van der Waals surface area contributed by atoms with Gasteiger partial charge in [-0.25, -0.2) is 0 Å². The van der Waals surface area contributed by atoms with Crippen molar-refractivity contribution in [1.82, 2.24) is 0 Å². The smallest absolute Gasteiger partial charge is 0.303 e. The van der Waals surface area contributed by atoms with Gasteiger partial charge in [-0.1, -0.05) is 43.3 Å². The van der Waals surface area contributed by atoms with Gasteiger partial charge >= 0.3 is 5.97 Å². The Balaban J connectivity index is 2.78. The van der Waals surface area contributed by atoms with E-state index < -0.39 is 12.2 Å². The Morgan fingerprint density at radius 1 is 1.28 bits per heavy atom. The number of hydrogen-bond acceptors (Lipinski definition) is 3. The summed E-state index contributed by atoms with van der Waals surface area (Å²) in [5.41, 5.74) is 1.03. The minimum absolute atomic E-state index is 0.145. The van der Waals surface area contributed by atoms with Crippen molar-refractivity contribution in [3.8, 4) is 0 Å². The van der Waals surface area contributed by atoms with Gasteiger partial charge in [-0.05, 0) is 18.6 Å². The van der Waals surface area contributed by atoms with Gasteiger partial charge in [0, 0.05) is 12.8 Å². The average Bonchev–Trinajstić information content (AvgIpc) is 2.34. The van der Waals surface area contributed by atoms with E-state index in [1.807, 2.05) is 49.4 Å². The van der Waals surface area contributed by atoms with E-state index in [9.17, 15) is 9.90 Å². The molecule has 0 saturated carbocycles. The molecule has 3 heteroatoms. The van der Waals surface area contributed by atoms with E-state index in [-0.39, 0.29) is 11.9 Å². The second kappa shape index (κ2) is 6.97. The fourth-order valence-electron chi connectivity index (χ4n) is 1.56. The summed E-state index contributed by atoms with van der Waals surface area (Å²) in [6, 6.07) is 9.76. The molecule has 0 heterocycles. The number of carbonyl (C=O) groups is 1. The minimum Gasteiger partial charge on any atom is -0.458 e. The lowest BCUT2D eigenvalue weighted by Crippen LogP contribution is -2.29. The van der Waals surface area contributed by atoms with E-state index >= 15 is 0 Å². The highest BCUT2D eigenvalue weighted by Crippen LogP contribution is 2.15. The average molecular weight is 248 g/mol. The molecular weight excluding hydrogens is 228 g/mol. The molecule has 3 nitrogen and oxygen atoms in total. The molecule has 18 heavy (non-hydrogen) atoms. The van der Waals surface area contributed by atoms with Gasteiger partial charge in [0.15, 0.2) is 0 Å². The summed E-state index contributed by atoms with van der Waals surface area (Å²) < 4.78 is 5.21. The number of carbonyl (C=O) groups excluding carboxylic acids is 1. The Kier molecular flexibility index (Phi) is 5.59. The normalized spacial score (nSPS) is 16.2. The maximum atomic E-state index is 11.1. The number of aliphatic hydroxyl groups is 1. The van der Waals surface area contributed by atoms with Gasteiger partial charge in [-0.3, -0.25) is 4.79 Å². The zero-order chi connectivity index (χ0) is 13.5. The van der Waals surface area contributed by atoms with Crippen LogP contribution in [0.4, 0.5) is 0 Å². The van der Waals surface area contributed by atoms with Crippen molar-refractivity contribution in [1.29, 1.82) is 0 Å². The molecule has 98 valence electrons. The number of benzene rings is 1. The Morgan fingerprint density at radius 2 is 1.89 bits per heavy atom. The van der Waals surface area contributed by atoms with Gasteiger partial charge in [0.05, 0.1) is 6.10 Å². The van der Waals surface area contributed by atoms with Crippen LogP contribution >= 0.6 is 0 Å². The molecule has 0 bridgehead atoms. The van der Waals surface area contributed by atoms with Crippen molar-refractivity contribution in [3.05, 3.63) is 42.0 Å². The minimum atomic E-state index is -0.533. The Morgan fingerprint density at radius 3 is 2.39 bits per heavy atom. The number of hydrogen-bond donors (Lipinski definition) is 1. The van der Waals surface area contributed by atoms with Crippen LogP contribution in [0.1, 0.15) is 26.3 Å². The number of esters is 1. The lowest BCUT2D eigenvalue weighted by atomic mass is 9.98. The van der Waals surface area contributed by atoms with Crippen LogP contribution in [0.5, 0.6) is 0 Å². The first kappa shape index (κ1) is 14.5. The predicted molar refractivity (Wildman–Crippen MR) is 71.9 cm³/mol. The molecule has 1 N–H and O–H groups in total. The van der Waals surface area contributed by atoms with Crippen LogP contribution in [0.25, 0.3) is 6.08 Å². The summed E-state index contributed by atoms with van der Waals surface area (Å²) in [6.07, 6.45) is 2.76. The molecule has 0 aliphatic heterocycles. The van der Waals surface area contributed by atoms with Crippen LogP contribution in [-0.2, 0) is 9.53 Å². The molecule has 0 amide bonds. The van der Waals surface area contributed by atoms with E-state index in [0.717, 1.165) is 5.56 Å². The fraction of sp³-hybridized carbons (Fsp3) is 0.400. The molecule has 0 saturated heterocycles. The molecule has 1 rings (SSSR count). The van der Waals surface area contributed by atoms with E-state index in [4.69, 9.17) is 4.74 Å². The zero-order valence-electron chi connectivity index (χ0n) is 11.0.